The Morgan fingerprint density at radius 3 is 1.40 bits per heavy atom. The van der Waals surface area contributed by atoms with Crippen molar-refractivity contribution in [2.75, 3.05) is 97.6 Å². The molecule has 0 spiro atoms. The Hall–Kier alpha value is -8.39. The number of nitrogens with zero attached hydrogens (tertiary/aromatic N) is 10. The largest absolute Gasteiger partial charge is 0.359 e. The predicted molar refractivity (Wildman–Crippen MR) is 389 cm³/mol. The third-order valence-corrected chi connectivity index (χ3v) is 25.2. The van der Waals surface area contributed by atoms with Gasteiger partial charge in [-0.3, -0.25) is 38.3 Å². The van der Waals surface area contributed by atoms with Crippen molar-refractivity contribution in [2.24, 2.45) is 0 Å². The predicted octanol–water partition coefficient (Wildman–Crippen LogP) is 11.6. The quantitative estimate of drug-likeness (QED) is 0.0766. The van der Waals surface area contributed by atoms with E-state index in [1.165, 1.54) is 106 Å². The smallest absolute Gasteiger partial charge is 0.263 e. The Morgan fingerprint density at radius 2 is 0.939 bits per heavy atom. The number of fused-ring (bicyclic) bond motifs is 2. The minimum atomic E-state index is -3.75. The Labute approximate surface area is 589 Å². The van der Waals surface area contributed by atoms with Crippen LogP contribution in [0.1, 0.15) is 59.6 Å². The van der Waals surface area contributed by atoms with E-state index in [1.54, 1.807) is 79.5 Å². The van der Waals surface area contributed by atoms with Gasteiger partial charge in [-0.25, -0.2) is 44.6 Å². The zero-order chi connectivity index (χ0) is 68.3. The summed E-state index contributed by atoms with van der Waals surface area (Å²) < 4.78 is 96.4. The fraction of sp³-hybridized carbons (Fsp3) is 0.294. The Morgan fingerprint density at radius 1 is 0.490 bits per heavy atom. The number of halogens is 2. The SMILES string of the molecule is C[C@@H](c1ccccc1)N1CCN([C@H]2CCN(c3ccc(S(=O)(=O)Nc4nccs4)cc3)C2=O)CC1.O=C1[C@@H](N2CCc3ccc(F)cc32)CCN1c1ccc(S(=O)(=O)Nc2nccs2)cc1.O=C1[C@H](N2CCCc3cc(Cl)ccc32)CCN1c1ccc(S(=O)(=O)Nc2nccs2)cc1.[HH].[HH].[HH]. The normalized spacial score (nSPS) is 19.4. The van der Waals surface area contributed by atoms with Gasteiger partial charge in [0.25, 0.3) is 30.1 Å². The zero-order valence-corrected chi connectivity index (χ0v) is 58.7. The van der Waals surface area contributed by atoms with E-state index < -0.39 is 30.1 Å². The van der Waals surface area contributed by atoms with Gasteiger partial charge in [0.2, 0.25) is 17.7 Å². The van der Waals surface area contributed by atoms with Crippen LogP contribution in [-0.4, -0.2) is 145 Å². The van der Waals surface area contributed by atoms with Crippen LogP contribution in [0.3, 0.4) is 0 Å². The van der Waals surface area contributed by atoms with E-state index in [0.29, 0.717) is 76.9 Å². The summed E-state index contributed by atoms with van der Waals surface area (Å²) in [7, 11) is -11.2. The molecule has 0 aliphatic carbocycles. The van der Waals surface area contributed by atoms with Gasteiger partial charge in [-0.15, -0.1) is 34.0 Å². The Bertz CT molecular complexity index is 4680. The van der Waals surface area contributed by atoms with Crippen LogP contribution in [0.25, 0.3) is 0 Å². The Balaban J connectivity index is 0.000000161. The summed E-state index contributed by atoms with van der Waals surface area (Å²) in [5, 5.41) is 6.74. The summed E-state index contributed by atoms with van der Waals surface area (Å²) in [6.07, 6.45) is 9.46. The average Bonchev–Trinajstić information content (AvgIpc) is 1.67. The topological polar surface area (TPSA) is 251 Å². The first-order chi connectivity index (χ1) is 47.3. The van der Waals surface area contributed by atoms with Gasteiger partial charge in [0.15, 0.2) is 15.4 Å². The van der Waals surface area contributed by atoms with Crippen LogP contribution in [0.4, 0.5) is 48.2 Å². The van der Waals surface area contributed by atoms with Gasteiger partial charge < -0.3 is 24.5 Å². The van der Waals surface area contributed by atoms with E-state index in [2.05, 4.69) is 75.0 Å². The molecule has 30 heteroatoms. The van der Waals surface area contributed by atoms with Crippen LogP contribution in [0.15, 0.2) is 189 Å². The van der Waals surface area contributed by atoms with E-state index in [0.717, 1.165) is 81.0 Å². The number of nitrogens with one attached hydrogen (secondary N) is 3. The standard InChI is InChI=1S/C25H29N5O3S2.C22H21ClN4O3S2.C21H19FN4O3S2.3H2/c1-19(20-5-3-2-4-6-20)28-14-16-29(17-15-28)23-11-13-30(24(23)31)21-7-9-22(10-8-21)35(32,33)27-25-26-12-18-34-25;23-16-3-8-19-15(14-16)2-1-11-27(19)20-9-12-26(21(20)28)17-4-6-18(7-5-17)32(29,30)25-22-24-10-13-31-22;22-15-2-1-14-7-10-26(19(14)13-15)18-8-11-25(20(18)27)16-3-5-17(6-4-16)31(28,29)24-21-23-9-12-30-21;;;/h2-10,12,18-19,23H,11,13-17H2,1H3,(H,26,27);3-8,10,13-14,20H,1-2,9,11-12H2,(H,24,25);1-6,9,12-13,18H,7-8,10-11H2,(H,23,24);3*1H/t19-,23-;20-;18-;;;/m010.../s1. The highest BCUT2D eigenvalue weighted by molar-refractivity contribution is 7.93. The fourth-order valence-corrected chi connectivity index (χ4v) is 19.0. The molecule has 6 aliphatic heterocycles. The number of amides is 3. The number of hydrogen-bond acceptors (Lipinski definition) is 19. The lowest BCUT2D eigenvalue weighted by atomic mass is 9.99. The summed E-state index contributed by atoms with van der Waals surface area (Å²) in [4.78, 5) is 66.0. The number of aromatic nitrogens is 3. The van der Waals surface area contributed by atoms with Gasteiger partial charge >= 0.3 is 0 Å². The maximum atomic E-state index is 13.7. The summed E-state index contributed by atoms with van der Waals surface area (Å²) in [5.74, 6) is -0.250. The molecule has 0 unspecified atom stereocenters. The molecule has 516 valence electrons. The van der Waals surface area contributed by atoms with Gasteiger partial charge in [-0.05, 0) is 165 Å². The summed E-state index contributed by atoms with van der Waals surface area (Å²) in [6, 6.07) is 39.9. The van der Waals surface area contributed by atoms with Crippen LogP contribution >= 0.6 is 45.6 Å². The molecule has 3 aromatic heterocycles. The molecule has 9 heterocycles. The number of carbonyl (C=O) groups excluding carboxylic acids is 3. The van der Waals surface area contributed by atoms with Crippen LogP contribution in [0.5, 0.6) is 0 Å². The number of anilines is 8. The maximum Gasteiger partial charge on any atom is 0.263 e. The highest BCUT2D eigenvalue weighted by Gasteiger charge is 2.42. The van der Waals surface area contributed by atoms with Gasteiger partial charge in [0, 0.05) is 137 Å². The Kier molecular flexibility index (Phi) is 20.3. The molecule has 4 saturated heterocycles. The first-order valence-electron chi connectivity index (χ1n) is 31.9. The lowest BCUT2D eigenvalue weighted by Gasteiger charge is -2.40. The molecule has 15 rings (SSSR count). The van der Waals surface area contributed by atoms with Crippen molar-refractivity contribution in [1.29, 1.82) is 0 Å². The molecule has 6 aliphatic rings. The molecule has 22 nitrogen and oxygen atoms in total. The van der Waals surface area contributed by atoms with E-state index in [-0.39, 0.29) is 60.6 Å². The van der Waals surface area contributed by atoms with Crippen molar-refractivity contribution >= 4 is 137 Å². The third-order valence-electron chi connectivity index (χ3n) is 18.4. The second-order valence-corrected chi connectivity index (χ2v) is 32.3. The number of carbonyl (C=O) groups is 3. The maximum absolute atomic E-state index is 13.7. The van der Waals surface area contributed by atoms with Crippen LogP contribution in [0.2, 0.25) is 5.02 Å². The molecule has 3 amide bonds. The van der Waals surface area contributed by atoms with Crippen molar-refractivity contribution in [3.63, 3.8) is 0 Å². The second-order valence-electron chi connectivity index (χ2n) is 24.1. The lowest BCUT2D eigenvalue weighted by molar-refractivity contribution is -0.122. The number of benzene rings is 6. The van der Waals surface area contributed by atoms with Crippen molar-refractivity contribution in [2.45, 2.75) is 84.3 Å². The first-order valence-corrected chi connectivity index (χ1v) is 39.4. The summed E-state index contributed by atoms with van der Waals surface area (Å²) >= 11 is 9.78. The van der Waals surface area contributed by atoms with E-state index in [9.17, 15) is 44.0 Å². The monoisotopic (exact) mass is 1460 g/mol. The molecule has 9 aromatic rings. The molecule has 0 radical (unpaired) electrons. The zero-order valence-electron chi connectivity index (χ0n) is 53.0. The minimum absolute atomic E-state index is 0. The number of aryl methyl sites for hydroxylation is 1. The van der Waals surface area contributed by atoms with E-state index in [1.807, 2.05) is 29.2 Å². The number of sulfonamides is 3. The third kappa shape index (κ3) is 15.0. The lowest BCUT2D eigenvalue weighted by Crippen LogP contribution is -2.52. The molecule has 0 saturated carbocycles. The van der Waals surface area contributed by atoms with Crippen LogP contribution in [-0.2, 0) is 57.3 Å². The number of rotatable bonds is 17. The molecular formula is C68H75ClFN13O9S6. The van der Waals surface area contributed by atoms with Crippen LogP contribution in [0, 0.1) is 5.82 Å². The number of hydrogen-bond donors (Lipinski definition) is 3. The molecule has 98 heavy (non-hydrogen) atoms. The van der Waals surface area contributed by atoms with Crippen molar-refractivity contribution in [1.82, 2.24) is 24.8 Å². The molecule has 6 aromatic carbocycles. The van der Waals surface area contributed by atoms with E-state index in [4.69, 9.17) is 11.6 Å². The van der Waals surface area contributed by atoms with Crippen molar-refractivity contribution < 1.29 is 48.3 Å². The van der Waals surface area contributed by atoms with Gasteiger partial charge in [-0.1, -0.05) is 48.0 Å². The van der Waals surface area contributed by atoms with Crippen molar-refractivity contribution in [3.05, 3.63) is 202 Å². The highest BCUT2D eigenvalue weighted by atomic mass is 35.5. The second kappa shape index (κ2) is 29.2. The summed E-state index contributed by atoms with van der Waals surface area (Å²) in [6.45, 7) is 9.08. The number of thiazole rings is 3. The van der Waals surface area contributed by atoms with E-state index >= 15 is 0 Å². The van der Waals surface area contributed by atoms with Gasteiger partial charge in [-0.2, -0.15) is 0 Å². The minimum Gasteiger partial charge on any atom is -0.359 e. The molecule has 4 atom stereocenters. The highest BCUT2D eigenvalue weighted by Crippen LogP contribution is 2.38. The number of piperazine rings is 1. The van der Waals surface area contributed by atoms with Gasteiger partial charge in [0.1, 0.15) is 17.9 Å². The van der Waals surface area contributed by atoms with Crippen LogP contribution < -0.4 is 38.7 Å². The molecule has 0 bridgehead atoms. The molecule has 4 fully saturated rings. The van der Waals surface area contributed by atoms with Gasteiger partial charge in [0.05, 0.1) is 20.7 Å². The molecule has 3 N–H and O–H groups in total. The average molecular weight is 1470 g/mol. The fourth-order valence-electron chi connectivity index (χ4n) is 13.4. The molecular weight excluding hydrogens is 1390 g/mol. The summed E-state index contributed by atoms with van der Waals surface area (Å²) in [5.41, 5.74) is 7.47. The van der Waals surface area contributed by atoms with Crippen molar-refractivity contribution in [3.8, 4) is 0 Å². The first kappa shape index (κ1) is 68.1.